The van der Waals surface area contributed by atoms with Gasteiger partial charge in [-0.2, -0.15) is 0 Å². The Bertz CT molecular complexity index is 2240. The zero-order chi connectivity index (χ0) is 49.4. The molecule has 5 atom stereocenters. The normalized spacial score (nSPS) is 18.1. The van der Waals surface area contributed by atoms with Gasteiger partial charge in [0, 0.05) is 37.2 Å². The first-order chi connectivity index (χ1) is 32.4. The van der Waals surface area contributed by atoms with E-state index in [0.717, 1.165) is 16.7 Å². The maximum atomic E-state index is 14.6. The first-order valence-electron chi connectivity index (χ1n) is 24.1. The van der Waals surface area contributed by atoms with Crippen LogP contribution in [0, 0.1) is 42.9 Å². The van der Waals surface area contributed by atoms with Gasteiger partial charge in [0.1, 0.15) is 38.4 Å². The van der Waals surface area contributed by atoms with Gasteiger partial charge < -0.3 is 34.1 Å². The number of ether oxygens (including phenoxy) is 4. The van der Waals surface area contributed by atoms with Gasteiger partial charge in [0.05, 0.1) is 31.9 Å². The van der Waals surface area contributed by atoms with Crippen LogP contribution in [0.3, 0.4) is 0 Å². The predicted octanol–water partition coefficient (Wildman–Crippen LogP) is 6.73. The summed E-state index contributed by atoms with van der Waals surface area (Å²) in [5.41, 5.74) is 2.49. The van der Waals surface area contributed by atoms with Gasteiger partial charge in [-0.05, 0) is 86.6 Å². The number of nitrogens with zero attached hydrogens (tertiary/aromatic N) is 1. The summed E-state index contributed by atoms with van der Waals surface area (Å²) >= 11 is 0. The van der Waals surface area contributed by atoms with E-state index < -0.39 is 47.3 Å². The molecule has 0 unspecified atom stereocenters. The molecule has 2 heterocycles. The van der Waals surface area contributed by atoms with Crippen LogP contribution in [0.5, 0.6) is 11.5 Å². The molecule has 2 amide bonds. The lowest BCUT2D eigenvalue weighted by molar-refractivity contribution is -0.940. The number of hydrogen-bond acceptors (Lipinski definition) is 10. The number of hydrogen-bond donors (Lipinski definition) is 2. The molecule has 5 rings (SSSR count). The number of aryl methyl sites for hydroxylation is 2. The summed E-state index contributed by atoms with van der Waals surface area (Å²) in [5.74, 6) is -0.229. The molecule has 0 radical (unpaired) electrons. The monoisotopic (exact) mass is 935 g/mol. The zero-order valence-electron chi connectivity index (χ0n) is 41.1. The molecule has 2 aliphatic heterocycles. The highest BCUT2D eigenvalue weighted by Crippen LogP contribution is 2.35. The summed E-state index contributed by atoms with van der Waals surface area (Å²) < 4.78 is 22.9. The number of Topliss-reactive ketones (excluding diaryl/α,β-unsaturated/α-hetero) is 3. The van der Waals surface area contributed by atoms with Gasteiger partial charge in [-0.1, -0.05) is 94.3 Å². The molecule has 0 aliphatic carbocycles. The van der Waals surface area contributed by atoms with E-state index in [1.54, 1.807) is 13.0 Å². The van der Waals surface area contributed by atoms with Crippen LogP contribution in [0.15, 0.2) is 72.8 Å². The van der Waals surface area contributed by atoms with Crippen molar-refractivity contribution >= 4 is 35.1 Å². The molecule has 3 aromatic rings. The van der Waals surface area contributed by atoms with E-state index in [9.17, 15) is 28.8 Å². The van der Waals surface area contributed by atoms with Crippen LogP contribution in [0.25, 0.3) is 0 Å². The number of quaternary nitrogens is 1. The fraction of sp³-hybridized carbons (Fsp3) is 0.527. The average Bonchev–Trinajstić information content (AvgIpc) is 4.05. The molecule has 68 heavy (non-hydrogen) atoms. The van der Waals surface area contributed by atoms with Crippen molar-refractivity contribution in [2.75, 3.05) is 46.1 Å². The quantitative estimate of drug-likeness (QED) is 0.0275. The molecule has 0 bridgehead atoms. The topological polar surface area (TPSA) is 167 Å². The van der Waals surface area contributed by atoms with Crippen molar-refractivity contribution in [3.63, 3.8) is 0 Å². The van der Waals surface area contributed by atoms with Crippen molar-refractivity contribution < 1.29 is 52.2 Å². The van der Waals surface area contributed by atoms with Gasteiger partial charge in [-0.25, -0.2) is 0 Å². The van der Waals surface area contributed by atoms with E-state index in [2.05, 4.69) is 16.6 Å². The van der Waals surface area contributed by atoms with Crippen LogP contribution in [0.4, 0.5) is 0 Å². The smallest absolute Gasteiger partial charge is 0.308 e. The minimum atomic E-state index is -0.937. The zero-order valence-corrected chi connectivity index (χ0v) is 41.1. The van der Waals surface area contributed by atoms with E-state index in [-0.39, 0.29) is 61.6 Å². The maximum Gasteiger partial charge on any atom is 0.308 e. The number of morpholine rings is 1. The molecule has 13 heteroatoms. The van der Waals surface area contributed by atoms with Gasteiger partial charge >= 0.3 is 5.97 Å². The second kappa shape index (κ2) is 25.1. The molecule has 2 N–H and O–H groups in total. The molecule has 2 aliphatic rings. The van der Waals surface area contributed by atoms with E-state index in [1.165, 1.54) is 6.92 Å². The number of carbonyl (C=O) groups excluding carboxylic acids is 6. The Hall–Kier alpha value is -5.68. The summed E-state index contributed by atoms with van der Waals surface area (Å²) in [6, 6.07) is 21.2. The molecule has 2 saturated heterocycles. The van der Waals surface area contributed by atoms with Crippen LogP contribution in [-0.2, 0) is 57.6 Å². The van der Waals surface area contributed by atoms with E-state index in [4.69, 9.17) is 25.4 Å². The number of rotatable bonds is 27. The second-order valence-electron chi connectivity index (χ2n) is 19.8. The largest absolute Gasteiger partial charge is 0.477 e. The molecule has 3 aromatic carbocycles. The SMILES string of the molecule is C#CCOc1cc(C[N+]2(CC(=O)C[C@@H](CCc3ccccc3)C(=O)N[C@@H](CC(C)C)C(=O)C[C@@H](Cc3ccccc3)C(=O)N[C@@H](CC(C)C)C(=O)[C@@]3(C)CO3)CCOCC2)cc(C)c1OC(C)=O. The van der Waals surface area contributed by atoms with Crippen LogP contribution in [0.2, 0.25) is 0 Å². The van der Waals surface area contributed by atoms with Crippen LogP contribution >= 0.6 is 0 Å². The minimum Gasteiger partial charge on any atom is -0.477 e. The van der Waals surface area contributed by atoms with Gasteiger partial charge in [0.2, 0.25) is 11.8 Å². The van der Waals surface area contributed by atoms with Gasteiger partial charge in [0.15, 0.2) is 28.8 Å². The van der Waals surface area contributed by atoms with Crippen molar-refractivity contribution in [3.05, 3.63) is 95.1 Å². The number of ketones is 3. The maximum absolute atomic E-state index is 14.6. The third-order valence-corrected chi connectivity index (χ3v) is 12.8. The summed E-state index contributed by atoms with van der Waals surface area (Å²) in [6.45, 7) is 15.6. The van der Waals surface area contributed by atoms with Crippen molar-refractivity contribution in [2.45, 2.75) is 118 Å². The van der Waals surface area contributed by atoms with Crippen LogP contribution < -0.4 is 20.1 Å². The minimum absolute atomic E-state index is 0.0114. The highest BCUT2D eigenvalue weighted by molar-refractivity contribution is 5.98. The Labute approximate surface area is 403 Å². The Balaban J connectivity index is 1.38. The molecule has 0 saturated carbocycles. The molecule has 0 aromatic heterocycles. The average molecular weight is 935 g/mol. The summed E-state index contributed by atoms with van der Waals surface area (Å²) in [4.78, 5) is 83.4. The van der Waals surface area contributed by atoms with Gasteiger partial charge in [-0.15, -0.1) is 6.42 Å². The number of benzene rings is 3. The second-order valence-corrected chi connectivity index (χ2v) is 19.8. The lowest BCUT2D eigenvalue weighted by Gasteiger charge is -2.41. The summed E-state index contributed by atoms with van der Waals surface area (Å²) in [7, 11) is 0. The predicted molar refractivity (Wildman–Crippen MR) is 259 cm³/mol. The number of amides is 2. The molecular formula is C55H72N3O10+. The fourth-order valence-electron chi connectivity index (χ4n) is 9.11. The number of carbonyl (C=O) groups is 6. The third-order valence-electron chi connectivity index (χ3n) is 12.8. The van der Waals surface area contributed by atoms with Gasteiger partial charge in [-0.3, -0.25) is 28.8 Å². The lowest BCUT2D eigenvalue weighted by atomic mass is 9.87. The number of terminal acetylenes is 1. The first kappa shape index (κ1) is 53.3. The Morgan fingerprint density at radius 3 is 1.99 bits per heavy atom. The Kier molecular flexibility index (Phi) is 19.6. The Morgan fingerprint density at radius 2 is 1.40 bits per heavy atom. The Morgan fingerprint density at radius 1 is 0.809 bits per heavy atom. The van der Waals surface area contributed by atoms with E-state index >= 15 is 0 Å². The highest BCUT2D eigenvalue weighted by atomic mass is 16.6. The summed E-state index contributed by atoms with van der Waals surface area (Å²) in [5, 5.41) is 6.08. The third kappa shape index (κ3) is 16.2. The van der Waals surface area contributed by atoms with Crippen molar-refractivity contribution in [2.24, 2.45) is 23.7 Å². The van der Waals surface area contributed by atoms with Crippen LogP contribution in [-0.4, -0.2) is 103 Å². The van der Waals surface area contributed by atoms with Crippen LogP contribution in [0.1, 0.15) is 95.9 Å². The summed E-state index contributed by atoms with van der Waals surface area (Å²) in [6.07, 6.45) is 7.20. The lowest BCUT2D eigenvalue weighted by Crippen LogP contribution is -2.57. The molecule has 13 nitrogen and oxygen atoms in total. The van der Waals surface area contributed by atoms with Crippen molar-refractivity contribution in [1.82, 2.24) is 10.6 Å². The van der Waals surface area contributed by atoms with Gasteiger partial charge in [0.25, 0.3) is 0 Å². The standard InChI is InChI=1S/C55H71N3O10/c1-9-24-66-50-31-43(29-39(6)51(50)68-40(7)59)34-58(22-25-65-26-23-58)35-46(60)32-44(21-20-41-16-12-10-13-17-41)53(63)56-47(27-37(2)3)49(61)33-45(30-42-18-14-11-15-19-42)54(64)57-48(28-38(4)5)52(62)55(8)36-67-55/h1,10-19,29,31,37-38,44-45,47-48H,20-28,30,32-36H2,2-8H3,(H-,56,57,63,64)/p+1/t44-,45-,47+,48+,55-/m1/s1. The molecule has 2 fully saturated rings. The van der Waals surface area contributed by atoms with E-state index in [1.807, 2.05) is 101 Å². The fourth-order valence-corrected chi connectivity index (χ4v) is 9.11. The number of esters is 1. The highest BCUT2D eigenvalue weighted by Gasteiger charge is 2.50. The first-order valence-corrected chi connectivity index (χ1v) is 24.1. The molecule has 366 valence electrons. The van der Waals surface area contributed by atoms with Crippen molar-refractivity contribution in [1.29, 1.82) is 0 Å². The molecular weight excluding hydrogens is 863 g/mol. The number of epoxide rings is 1. The number of nitrogens with one attached hydrogen (secondary N) is 2. The molecule has 0 spiro atoms. The van der Waals surface area contributed by atoms with Crippen molar-refractivity contribution in [3.8, 4) is 23.8 Å². The van der Waals surface area contributed by atoms with E-state index in [0.29, 0.717) is 86.7 Å².